The number of aliphatic imine (C=N–C) groups is 1. The first-order valence-electron chi connectivity index (χ1n) is 8.91. The fraction of sp³-hybridized carbons (Fsp3) is 0.300. The third kappa shape index (κ3) is 6.09. The van der Waals surface area contributed by atoms with Gasteiger partial charge in [0.05, 0.1) is 17.8 Å². The second-order valence-corrected chi connectivity index (χ2v) is 6.42. The van der Waals surface area contributed by atoms with E-state index in [9.17, 15) is 13.2 Å². The Kier molecular flexibility index (Phi) is 7.88. The standard InChI is InChI=1S/C20H22F3N5.HI/c1-14-4-3-5-18-27-17(13-28(14)18)12-26-19(24-2)25-11-10-15-6-8-16(9-7-15)20(21,22)23;/h3-9,13H,10-12H2,1-2H3,(H2,24,25,26);1H. The molecule has 156 valence electrons. The highest BCUT2D eigenvalue weighted by Crippen LogP contribution is 2.29. The zero-order valence-electron chi connectivity index (χ0n) is 16.1. The minimum absolute atomic E-state index is 0. The number of aromatic nitrogens is 2. The maximum Gasteiger partial charge on any atom is 0.416 e. The molecule has 0 aliphatic carbocycles. The number of imidazole rings is 1. The first-order valence-corrected chi connectivity index (χ1v) is 8.91. The highest BCUT2D eigenvalue weighted by atomic mass is 127. The number of alkyl halides is 3. The van der Waals surface area contributed by atoms with Gasteiger partial charge in [-0.2, -0.15) is 13.2 Å². The van der Waals surface area contributed by atoms with Crippen LogP contribution in [0.5, 0.6) is 0 Å². The summed E-state index contributed by atoms with van der Waals surface area (Å²) < 4.78 is 39.8. The van der Waals surface area contributed by atoms with E-state index in [0.717, 1.165) is 34.7 Å². The van der Waals surface area contributed by atoms with Crippen molar-refractivity contribution in [3.63, 3.8) is 0 Å². The van der Waals surface area contributed by atoms with Gasteiger partial charge in [-0.3, -0.25) is 4.99 Å². The second kappa shape index (κ2) is 9.95. The Morgan fingerprint density at radius 2 is 1.83 bits per heavy atom. The number of aryl methyl sites for hydroxylation is 1. The molecular weight excluding hydrogens is 494 g/mol. The van der Waals surface area contributed by atoms with Crippen LogP contribution in [0.1, 0.15) is 22.5 Å². The smallest absolute Gasteiger partial charge is 0.356 e. The molecule has 0 saturated heterocycles. The van der Waals surface area contributed by atoms with Gasteiger partial charge in [0.2, 0.25) is 0 Å². The molecular formula is C20H23F3IN5. The molecule has 0 atom stereocenters. The maximum absolute atomic E-state index is 12.6. The SMILES string of the molecule is CN=C(NCCc1ccc(C(F)(F)F)cc1)NCc1cn2c(C)cccc2n1.I. The second-order valence-electron chi connectivity index (χ2n) is 6.42. The van der Waals surface area contributed by atoms with Gasteiger partial charge in [0.15, 0.2) is 5.96 Å². The number of guanidine groups is 1. The highest BCUT2D eigenvalue weighted by molar-refractivity contribution is 14.0. The van der Waals surface area contributed by atoms with Crippen molar-refractivity contribution >= 4 is 35.6 Å². The first kappa shape index (κ1) is 23.0. The molecule has 0 aliphatic heterocycles. The van der Waals surface area contributed by atoms with Gasteiger partial charge >= 0.3 is 6.18 Å². The van der Waals surface area contributed by atoms with Crippen LogP contribution in [0, 0.1) is 6.92 Å². The minimum Gasteiger partial charge on any atom is -0.356 e. The number of fused-ring (bicyclic) bond motifs is 1. The number of nitrogens with one attached hydrogen (secondary N) is 2. The molecule has 0 radical (unpaired) electrons. The summed E-state index contributed by atoms with van der Waals surface area (Å²) in [5.74, 6) is 0.612. The molecule has 3 rings (SSSR count). The van der Waals surface area contributed by atoms with Crippen LogP contribution in [0.4, 0.5) is 13.2 Å². The van der Waals surface area contributed by atoms with E-state index in [0.29, 0.717) is 25.5 Å². The van der Waals surface area contributed by atoms with Crippen LogP contribution in [-0.4, -0.2) is 28.9 Å². The summed E-state index contributed by atoms with van der Waals surface area (Å²) in [6.07, 6.45) is -1.74. The average Bonchev–Trinajstić information content (AvgIpc) is 3.09. The average molecular weight is 517 g/mol. The Labute approximate surface area is 184 Å². The molecule has 2 N–H and O–H groups in total. The summed E-state index contributed by atoms with van der Waals surface area (Å²) in [6.45, 7) is 3.09. The van der Waals surface area contributed by atoms with E-state index in [2.05, 4.69) is 20.6 Å². The summed E-state index contributed by atoms with van der Waals surface area (Å²) in [6, 6.07) is 11.2. The van der Waals surface area contributed by atoms with Crippen molar-refractivity contribution in [1.29, 1.82) is 0 Å². The molecule has 0 bridgehead atoms. The van der Waals surface area contributed by atoms with Crippen molar-refractivity contribution in [2.24, 2.45) is 4.99 Å². The van der Waals surface area contributed by atoms with Gasteiger partial charge in [0, 0.05) is 25.5 Å². The highest BCUT2D eigenvalue weighted by Gasteiger charge is 2.29. The predicted molar refractivity (Wildman–Crippen MR) is 119 cm³/mol. The molecule has 0 fully saturated rings. The van der Waals surface area contributed by atoms with Crippen molar-refractivity contribution in [2.75, 3.05) is 13.6 Å². The lowest BCUT2D eigenvalue weighted by molar-refractivity contribution is -0.137. The molecule has 0 spiro atoms. The van der Waals surface area contributed by atoms with Gasteiger partial charge in [0.1, 0.15) is 5.65 Å². The van der Waals surface area contributed by atoms with E-state index < -0.39 is 11.7 Å². The van der Waals surface area contributed by atoms with Crippen molar-refractivity contribution in [2.45, 2.75) is 26.1 Å². The van der Waals surface area contributed by atoms with Crippen molar-refractivity contribution in [1.82, 2.24) is 20.0 Å². The summed E-state index contributed by atoms with van der Waals surface area (Å²) >= 11 is 0. The Morgan fingerprint density at radius 1 is 1.10 bits per heavy atom. The normalized spacial score (nSPS) is 12.0. The summed E-state index contributed by atoms with van der Waals surface area (Å²) in [5.41, 5.74) is 3.08. The molecule has 0 saturated carbocycles. The monoisotopic (exact) mass is 517 g/mol. The Balaban J connectivity index is 0.00000300. The number of hydrogen-bond acceptors (Lipinski definition) is 2. The molecule has 2 heterocycles. The third-order valence-electron chi connectivity index (χ3n) is 4.39. The van der Waals surface area contributed by atoms with E-state index in [1.807, 2.05) is 35.7 Å². The lowest BCUT2D eigenvalue weighted by atomic mass is 10.1. The van der Waals surface area contributed by atoms with E-state index >= 15 is 0 Å². The zero-order chi connectivity index (χ0) is 20.1. The quantitative estimate of drug-likeness (QED) is 0.304. The molecule has 0 unspecified atom stereocenters. The van der Waals surface area contributed by atoms with Crippen LogP contribution in [-0.2, 0) is 19.1 Å². The minimum atomic E-state index is -4.31. The molecule has 1 aromatic carbocycles. The zero-order valence-corrected chi connectivity index (χ0v) is 18.5. The largest absolute Gasteiger partial charge is 0.416 e. The van der Waals surface area contributed by atoms with E-state index in [1.54, 1.807) is 7.05 Å². The molecule has 5 nitrogen and oxygen atoms in total. The fourth-order valence-electron chi connectivity index (χ4n) is 2.86. The van der Waals surface area contributed by atoms with Crippen LogP contribution in [0.2, 0.25) is 0 Å². The van der Waals surface area contributed by atoms with Gasteiger partial charge in [-0.15, -0.1) is 24.0 Å². The summed E-state index contributed by atoms with van der Waals surface area (Å²) in [4.78, 5) is 8.72. The van der Waals surface area contributed by atoms with E-state index in [1.165, 1.54) is 12.1 Å². The molecule has 9 heteroatoms. The fourth-order valence-corrected chi connectivity index (χ4v) is 2.86. The van der Waals surface area contributed by atoms with E-state index in [-0.39, 0.29) is 24.0 Å². The van der Waals surface area contributed by atoms with Crippen LogP contribution in [0.15, 0.2) is 53.7 Å². The van der Waals surface area contributed by atoms with Crippen LogP contribution < -0.4 is 10.6 Å². The Morgan fingerprint density at radius 3 is 2.45 bits per heavy atom. The Bertz CT molecular complexity index is 964. The summed E-state index contributed by atoms with van der Waals surface area (Å²) in [5, 5.41) is 6.36. The number of benzene rings is 1. The van der Waals surface area contributed by atoms with Crippen LogP contribution >= 0.6 is 24.0 Å². The Hall–Kier alpha value is -2.30. The topological polar surface area (TPSA) is 53.7 Å². The number of pyridine rings is 1. The van der Waals surface area contributed by atoms with Crippen molar-refractivity contribution in [3.8, 4) is 0 Å². The molecule has 0 aliphatic rings. The van der Waals surface area contributed by atoms with Gasteiger partial charge in [-0.1, -0.05) is 18.2 Å². The number of rotatable bonds is 5. The molecule has 3 aromatic rings. The lowest BCUT2D eigenvalue weighted by Gasteiger charge is -2.11. The van der Waals surface area contributed by atoms with E-state index in [4.69, 9.17) is 0 Å². The number of halogens is 4. The van der Waals surface area contributed by atoms with Crippen molar-refractivity contribution in [3.05, 3.63) is 71.2 Å². The number of nitrogens with zero attached hydrogens (tertiary/aromatic N) is 3. The number of hydrogen-bond donors (Lipinski definition) is 2. The predicted octanol–water partition coefficient (Wildman–Crippen LogP) is 4.19. The lowest BCUT2D eigenvalue weighted by Crippen LogP contribution is -2.37. The molecule has 2 aromatic heterocycles. The van der Waals surface area contributed by atoms with Gasteiger partial charge in [-0.25, -0.2) is 4.98 Å². The molecule has 29 heavy (non-hydrogen) atoms. The maximum atomic E-state index is 12.6. The first-order chi connectivity index (χ1) is 13.4. The third-order valence-corrected chi connectivity index (χ3v) is 4.39. The van der Waals surface area contributed by atoms with Crippen molar-refractivity contribution < 1.29 is 13.2 Å². The summed E-state index contributed by atoms with van der Waals surface area (Å²) in [7, 11) is 1.67. The van der Waals surface area contributed by atoms with Crippen LogP contribution in [0.25, 0.3) is 5.65 Å². The van der Waals surface area contributed by atoms with Crippen LogP contribution in [0.3, 0.4) is 0 Å². The molecule has 0 amide bonds. The van der Waals surface area contributed by atoms with Gasteiger partial charge < -0.3 is 15.0 Å². The van der Waals surface area contributed by atoms with Gasteiger partial charge in [0.25, 0.3) is 0 Å². The van der Waals surface area contributed by atoms with Gasteiger partial charge in [-0.05, 0) is 43.2 Å².